The molecule has 2 aromatic carbocycles. The van der Waals surface area contributed by atoms with E-state index in [1.165, 1.54) is 4.90 Å². The summed E-state index contributed by atoms with van der Waals surface area (Å²) in [7, 11) is 0. The summed E-state index contributed by atoms with van der Waals surface area (Å²) in [5.74, 6) is -1.04. The third-order valence-corrected chi connectivity index (χ3v) is 4.95. The average molecular weight is 394 g/mol. The number of unbranched alkanes of at least 4 members (excludes halogenated alkanes) is 1. The number of hydrogen-bond donors (Lipinski definition) is 1. The van der Waals surface area contributed by atoms with E-state index in [0.29, 0.717) is 25.3 Å². The minimum atomic E-state index is -0.848. The van der Waals surface area contributed by atoms with Crippen LogP contribution in [0.4, 0.5) is 0 Å². The van der Waals surface area contributed by atoms with E-state index in [1.807, 2.05) is 49.4 Å². The van der Waals surface area contributed by atoms with Crippen LogP contribution in [0.15, 0.2) is 54.6 Å². The number of nitrogens with one attached hydrogen (secondary N) is 1. The van der Waals surface area contributed by atoms with Gasteiger partial charge in [0.2, 0.25) is 5.91 Å². The molecule has 0 aliphatic carbocycles. The SMILES string of the molecule is CCCCOC(=O)CC1C(=O)NCCN1C(=O)c1ccc(-c2ccccc2)cc1. The second kappa shape index (κ2) is 9.87. The van der Waals surface area contributed by atoms with Crippen molar-refractivity contribution in [1.29, 1.82) is 0 Å². The Morgan fingerprint density at radius 3 is 2.45 bits per heavy atom. The van der Waals surface area contributed by atoms with Gasteiger partial charge in [0.15, 0.2) is 0 Å². The molecule has 1 N–H and O–H groups in total. The molecule has 29 heavy (non-hydrogen) atoms. The van der Waals surface area contributed by atoms with Crippen LogP contribution in [0.3, 0.4) is 0 Å². The van der Waals surface area contributed by atoms with Crippen LogP contribution in [0.25, 0.3) is 11.1 Å². The summed E-state index contributed by atoms with van der Waals surface area (Å²) < 4.78 is 5.18. The highest BCUT2D eigenvalue weighted by Gasteiger charge is 2.35. The number of esters is 1. The van der Waals surface area contributed by atoms with E-state index in [2.05, 4.69) is 5.32 Å². The standard InChI is InChI=1S/C23H26N2O4/c1-2-3-15-29-21(26)16-20-22(27)24-13-14-25(20)23(28)19-11-9-18(10-12-19)17-7-5-4-6-8-17/h4-12,20H,2-3,13-16H2,1H3,(H,24,27). The van der Waals surface area contributed by atoms with Gasteiger partial charge in [-0.3, -0.25) is 14.4 Å². The lowest BCUT2D eigenvalue weighted by molar-refractivity contribution is -0.147. The van der Waals surface area contributed by atoms with Crippen LogP contribution in [-0.2, 0) is 14.3 Å². The Hall–Kier alpha value is -3.15. The van der Waals surface area contributed by atoms with Crippen LogP contribution < -0.4 is 5.32 Å². The highest BCUT2D eigenvalue weighted by Crippen LogP contribution is 2.21. The summed E-state index contributed by atoms with van der Waals surface area (Å²) in [6.45, 7) is 3.07. The fourth-order valence-electron chi connectivity index (χ4n) is 3.31. The number of hydrogen-bond acceptors (Lipinski definition) is 4. The third-order valence-electron chi connectivity index (χ3n) is 4.95. The van der Waals surface area contributed by atoms with Gasteiger partial charge in [-0.05, 0) is 29.7 Å². The Kier molecular flexibility index (Phi) is 7.00. The zero-order valence-corrected chi connectivity index (χ0v) is 16.6. The van der Waals surface area contributed by atoms with Crippen molar-refractivity contribution in [3.63, 3.8) is 0 Å². The molecular formula is C23H26N2O4. The number of ether oxygens (including phenoxy) is 1. The van der Waals surface area contributed by atoms with Gasteiger partial charge in [-0.15, -0.1) is 0 Å². The molecule has 1 aliphatic rings. The number of nitrogens with zero attached hydrogens (tertiary/aromatic N) is 1. The zero-order chi connectivity index (χ0) is 20.6. The Morgan fingerprint density at radius 2 is 1.76 bits per heavy atom. The molecule has 0 bridgehead atoms. The van der Waals surface area contributed by atoms with Crippen LogP contribution >= 0.6 is 0 Å². The van der Waals surface area contributed by atoms with Crippen molar-refractivity contribution >= 4 is 17.8 Å². The minimum Gasteiger partial charge on any atom is -0.466 e. The summed E-state index contributed by atoms with van der Waals surface area (Å²) in [6.07, 6.45) is 1.56. The van der Waals surface area contributed by atoms with Gasteiger partial charge in [-0.2, -0.15) is 0 Å². The van der Waals surface area contributed by atoms with Gasteiger partial charge >= 0.3 is 5.97 Å². The van der Waals surface area contributed by atoms with Gasteiger partial charge in [0.05, 0.1) is 13.0 Å². The van der Waals surface area contributed by atoms with Crippen LogP contribution in [-0.4, -0.2) is 48.4 Å². The van der Waals surface area contributed by atoms with E-state index in [9.17, 15) is 14.4 Å². The molecule has 1 unspecified atom stereocenters. The van der Waals surface area contributed by atoms with Gasteiger partial charge in [0.1, 0.15) is 6.04 Å². The van der Waals surface area contributed by atoms with Crippen molar-refractivity contribution in [2.24, 2.45) is 0 Å². The number of carbonyl (C=O) groups is 3. The lowest BCUT2D eigenvalue weighted by Gasteiger charge is -2.34. The molecule has 0 spiro atoms. The third kappa shape index (κ3) is 5.22. The molecule has 152 valence electrons. The summed E-state index contributed by atoms with van der Waals surface area (Å²) in [4.78, 5) is 38.9. The normalized spacial score (nSPS) is 16.2. The lowest BCUT2D eigenvalue weighted by Crippen LogP contribution is -2.57. The van der Waals surface area contributed by atoms with Crippen molar-refractivity contribution < 1.29 is 19.1 Å². The molecular weight excluding hydrogens is 368 g/mol. The maximum Gasteiger partial charge on any atom is 0.308 e. The first-order valence-electron chi connectivity index (χ1n) is 10.00. The number of rotatable bonds is 7. The van der Waals surface area contributed by atoms with Gasteiger partial charge in [0.25, 0.3) is 5.91 Å². The van der Waals surface area contributed by atoms with Crippen LogP contribution in [0.5, 0.6) is 0 Å². The minimum absolute atomic E-state index is 0.136. The van der Waals surface area contributed by atoms with Gasteiger partial charge in [-0.25, -0.2) is 0 Å². The maximum absolute atomic E-state index is 13.0. The van der Waals surface area contributed by atoms with Crippen LogP contribution in [0.2, 0.25) is 0 Å². The predicted molar refractivity (Wildman–Crippen MR) is 110 cm³/mol. The summed E-state index contributed by atoms with van der Waals surface area (Å²) in [5.41, 5.74) is 2.56. The number of carbonyl (C=O) groups excluding carboxylic acids is 3. The molecule has 2 aromatic rings. The molecule has 1 atom stereocenters. The lowest BCUT2D eigenvalue weighted by atomic mass is 10.0. The van der Waals surface area contributed by atoms with Gasteiger partial charge in [0, 0.05) is 18.7 Å². The topological polar surface area (TPSA) is 75.7 Å². The molecule has 1 heterocycles. The Labute approximate surface area is 170 Å². The molecule has 0 aromatic heterocycles. The molecule has 2 amide bonds. The van der Waals surface area contributed by atoms with E-state index in [1.54, 1.807) is 12.1 Å². The smallest absolute Gasteiger partial charge is 0.308 e. The van der Waals surface area contributed by atoms with Gasteiger partial charge in [-0.1, -0.05) is 55.8 Å². The molecule has 3 rings (SSSR count). The van der Waals surface area contributed by atoms with Crippen LogP contribution in [0, 0.1) is 0 Å². The van der Waals surface area contributed by atoms with E-state index in [0.717, 1.165) is 24.0 Å². The maximum atomic E-state index is 13.0. The fraction of sp³-hybridized carbons (Fsp3) is 0.348. The fourth-order valence-corrected chi connectivity index (χ4v) is 3.31. The van der Waals surface area contributed by atoms with Crippen molar-refractivity contribution in [2.45, 2.75) is 32.2 Å². The van der Waals surface area contributed by atoms with E-state index >= 15 is 0 Å². The molecule has 0 saturated carbocycles. The first-order chi connectivity index (χ1) is 14.1. The largest absolute Gasteiger partial charge is 0.466 e. The summed E-state index contributed by atoms with van der Waals surface area (Å²) in [5, 5.41) is 2.73. The predicted octanol–water partition coefficient (Wildman–Crippen LogP) is 3.03. The zero-order valence-electron chi connectivity index (χ0n) is 16.6. The number of amides is 2. The first kappa shape index (κ1) is 20.6. The van der Waals surface area contributed by atoms with Crippen molar-refractivity contribution in [3.05, 3.63) is 60.2 Å². The molecule has 1 aliphatic heterocycles. The Morgan fingerprint density at radius 1 is 1.07 bits per heavy atom. The monoisotopic (exact) mass is 394 g/mol. The summed E-state index contributed by atoms with van der Waals surface area (Å²) >= 11 is 0. The second-order valence-corrected chi connectivity index (χ2v) is 7.03. The van der Waals surface area contributed by atoms with Gasteiger partial charge < -0.3 is 15.0 Å². The highest BCUT2D eigenvalue weighted by molar-refractivity contribution is 5.99. The molecule has 1 fully saturated rings. The molecule has 6 heteroatoms. The Balaban J connectivity index is 1.71. The Bertz CT molecular complexity index is 849. The molecule has 0 radical (unpaired) electrons. The number of benzene rings is 2. The molecule has 1 saturated heterocycles. The quantitative estimate of drug-likeness (QED) is 0.579. The summed E-state index contributed by atoms with van der Waals surface area (Å²) in [6, 6.07) is 16.3. The van der Waals surface area contributed by atoms with Crippen molar-refractivity contribution in [3.8, 4) is 11.1 Å². The van der Waals surface area contributed by atoms with E-state index < -0.39 is 12.0 Å². The average Bonchev–Trinajstić information content (AvgIpc) is 2.75. The first-order valence-corrected chi connectivity index (χ1v) is 10.00. The second-order valence-electron chi connectivity index (χ2n) is 7.03. The van der Waals surface area contributed by atoms with Crippen molar-refractivity contribution in [2.75, 3.05) is 19.7 Å². The highest BCUT2D eigenvalue weighted by atomic mass is 16.5. The van der Waals surface area contributed by atoms with E-state index in [4.69, 9.17) is 4.74 Å². The number of piperazine rings is 1. The van der Waals surface area contributed by atoms with Crippen molar-refractivity contribution in [1.82, 2.24) is 10.2 Å². The molecule has 6 nitrogen and oxygen atoms in total. The van der Waals surface area contributed by atoms with Crippen LogP contribution in [0.1, 0.15) is 36.5 Å². The van der Waals surface area contributed by atoms with E-state index in [-0.39, 0.29) is 18.2 Å².